The van der Waals surface area contributed by atoms with Gasteiger partial charge >= 0.3 is 16.1 Å². The molecule has 1 aromatic heterocycles. The second-order valence-electron chi connectivity index (χ2n) is 9.27. The molecule has 2 heterocycles. The van der Waals surface area contributed by atoms with Gasteiger partial charge in [0.15, 0.2) is 5.88 Å². The molecule has 2 aromatic carbocycles. The molecule has 0 aliphatic carbocycles. The van der Waals surface area contributed by atoms with E-state index in [9.17, 15) is 35.8 Å². The van der Waals surface area contributed by atoms with Crippen molar-refractivity contribution in [2.45, 2.75) is 37.1 Å². The molecule has 0 bridgehead atoms. The maximum Gasteiger partial charge on any atom is 0.326 e. The molecular formula is C25H27ClN3O8S4+. The number of nitrogens with zero attached hydrogens (tertiary/aromatic N) is 3. The first-order valence-corrected chi connectivity index (χ1v) is 17.3. The number of carboxylic acid groups (broad SMARTS) is 1. The van der Waals surface area contributed by atoms with E-state index in [-0.39, 0.29) is 0 Å². The van der Waals surface area contributed by atoms with E-state index in [1.54, 1.807) is 60.5 Å². The van der Waals surface area contributed by atoms with Crippen molar-refractivity contribution in [3.63, 3.8) is 0 Å². The van der Waals surface area contributed by atoms with Crippen LogP contribution in [0.3, 0.4) is 0 Å². The van der Waals surface area contributed by atoms with Crippen LogP contribution in [0.4, 0.5) is 11.4 Å². The Morgan fingerprint density at radius 1 is 1.15 bits per heavy atom. The fourth-order valence-corrected chi connectivity index (χ4v) is 7.92. The largest absolute Gasteiger partial charge is 0.480 e. The van der Waals surface area contributed by atoms with E-state index in [4.69, 9.17) is 11.6 Å². The topological polar surface area (TPSA) is 156 Å². The van der Waals surface area contributed by atoms with Crippen molar-refractivity contribution in [2.75, 3.05) is 22.7 Å². The first kappa shape index (κ1) is 31.3. The second kappa shape index (κ2) is 11.9. The molecule has 1 aliphatic heterocycles. The average Bonchev–Trinajstić information content (AvgIpc) is 3.37. The van der Waals surface area contributed by atoms with Gasteiger partial charge in [-0.3, -0.25) is 9.11 Å². The molecule has 0 amide bonds. The standard InChI is InChI=1S/C25H26ClN3O8S4/c1-4-16(9-23-28(13-40(32,33)34)19-11-17(26)5-7-21(19)38-23)10-24-29(14-41(35,36)37)20-12-18(6-8-22(20)39-24)27(3)15(2)25(30)31/h5-12,15H,4,13-14H2,1-3H3,(H2-,30,31,32,33,34,35,36,37)/p+1. The number of rotatable bonds is 10. The maximum atomic E-state index is 12.0. The van der Waals surface area contributed by atoms with Crippen LogP contribution in [0.2, 0.25) is 5.02 Å². The summed E-state index contributed by atoms with van der Waals surface area (Å²) in [5.41, 5.74) is 2.26. The number of aliphatic carboxylic acids is 1. The van der Waals surface area contributed by atoms with E-state index >= 15 is 0 Å². The number of hydrogen-bond donors (Lipinski definition) is 3. The van der Waals surface area contributed by atoms with Crippen LogP contribution < -0.4 is 14.4 Å². The molecule has 0 radical (unpaired) electrons. The Hall–Kier alpha value is -2.66. The quantitative estimate of drug-likeness (QED) is 0.205. The summed E-state index contributed by atoms with van der Waals surface area (Å²) in [5, 5.41) is 10.8. The molecule has 41 heavy (non-hydrogen) atoms. The van der Waals surface area contributed by atoms with Gasteiger partial charge in [0.05, 0.1) is 10.7 Å². The van der Waals surface area contributed by atoms with Gasteiger partial charge in [0, 0.05) is 34.8 Å². The zero-order valence-electron chi connectivity index (χ0n) is 22.1. The van der Waals surface area contributed by atoms with Crippen molar-refractivity contribution < 1.29 is 40.4 Å². The van der Waals surface area contributed by atoms with Crippen LogP contribution in [0.5, 0.6) is 0 Å². The molecule has 4 rings (SSSR count). The summed E-state index contributed by atoms with van der Waals surface area (Å²) in [6.07, 6.45) is 3.97. The Morgan fingerprint density at radius 2 is 1.85 bits per heavy atom. The minimum absolute atomic E-state index is 0.400. The summed E-state index contributed by atoms with van der Waals surface area (Å²) in [5.74, 6) is -2.45. The Bertz CT molecular complexity index is 1800. The van der Waals surface area contributed by atoms with Gasteiger partial charge in [-0.05, 0) is 55.3 Å². The van der Waals surface area contributed by atoms with Crippen LogP contribution in [0.1, 0.15) is 25.3 Å². The zero-order chi connectivity index (χ0) is 30.3. The van der Waals surface area contributed by atoms with E-state index in [1.807, 2.05) is 6.92 Å². The maximum absolute atomic E-state index is 12.0. The monoisotopic (exact) mass is 660 g/mol. The lowest BCUT2D eigenvalue weighted by Crippen LogP contribution is -2.39. The lowest BCUT2D eigenvalue weighted by Gasteiger charge is -2.23. The lowest BCUT2D eigenvalue weighted by atomic mass is 10.2. The van der Waals surface area contributed by atoms with Crippen molar-refractivity contribution in [3.05, 3.63) is 63.1 Å². The first-order chi connectivity index (χ1) is 19.1. The van der Waals surface area contributed by atoms with Crippen LogP contribution in [0.25, 0.3) is 16.3 Å². The lowest BCUT2D eigenvalue weighted by molar-refractivity contribution is -0.649. The van der Waals surface area contributed by atoms with Gasteiger partial charge in [0.1, 0.15) is 10.7 Å². The third kappa shape index (κ3) is 7.41. The number of benzene rings is 2. The molecule has 0 spiro atoms. The zero-order valence-corrected chi connectivity index (χ0v) is 26.1. The summed E-state index contributed by atoms with van der Waals surface area (Å²) in [4.78, 5) is 15.2. The summed E-state index contributed by atoms with van der Waals surface area (Å²) in [6, 6.07) is 9.35. The van der Waals surface area contributed by atoms with Crippen molar-refractivity contribution in [3.8, 4) is 0 Å². The minimum atomic E-state index is -4.46. The molecule has 16 heteroatoms. The smallest absolute Gasteiger partial charge is 0.326 e. The molecular weight excluding hydrogens is 634 g/mol. The van der Waals surface area contributed by atoms with Crippen molar-refractivity contribution in [1.29, 1.82) is 0 Å². The number of allylic oxidation sites excluding steroid dienone is 2. The van der Waals surface area contributed by atoms with E-state index in [0.717, 1.165) is 4.90 Å². The van der Waals surface area contributed by atoms with Crippen LogP contribution in [0, 0.1) is 0 Å². The number of hydrogen-bond acceptors (Lipinski definition) is 9. The number of aromatic nitrogens is 1. The van der Waals surface area contributed by atoms with E-state index in [0.29, 0.717) is 48.6 Å². The van der Waals surface area contributed by atoms with Gasteiger partial charge in [0.25, 0.3) is 21.0 Å². The molecule has 220 valence electrons. The fourth-order valence-electron chi connectivity index (χ4n) is 4.14. The molecule has 3 N–H and O–H groups in total. The van der Waals surface area contributed by atoms with Crippen molar-refractivity contribution in [2.24, 2.45) is 0 Å². The number of carboxylic acids is 1. The molecule has 0 saturated heterocycles. The summed E-state index contributed by atoms with van der Waals surface area (Å²) in [7, 11) is -7.24. The number of thiazole rings is 1. The van der Waals surface area contributed by atoms with Gasteiger partial charge in [-0.2, -0.15) is 21.4 Å². The number of anilines is 2. The number of carbonyl (C=O) groups is 1. The first-order valence-electron chi connectivity index (χ1n) is 12.1. The molecule has 11 nitrogen and oxygen atoms in total. The highest BCUT2D eigenvalue weighted by Gasteiger charge is 2.30. The molecule has 3 aromatic rings. The number of fused-ring (bicyclic) bond motifs is 2. The van der Waals surface area contributed by atoms with Crippen molar-refractivity contribution >= 4 is 88.6 Å². The Morgan fingerprint density at radius 3 is 2.46 bits per heavy atom. The van der Waals surface area contributed by atoms with Gasteiger partial charge in [-0.15, -0.1) is 0 Å². The van der Waals surface area contributed by atoms with Gasteiger partial charge in [0.2, 0.25) is 5.52 Å². The highest BCUT2D eigenvalue weighted by molar-refractivity contribution is 8.03. The summed E-state index contributed by atoms with van der Waals surface area (Å²) < 4.78 is 69.1. The third-order valence-electron chi connectivity index (χ3n) is 6.36. The van der Waals surface area contributed by atoms with Crippen LogP contribution in [-0.2, 0) is 30.9 Å². The average molecular weight is 661 g/mol. The molecule has 1 aliphatic rings. The number of halogens is 1. The predicted molar refractivity (Wildman–Crippen MR) is 162 cm³/mol. The number of likely N-dealkylation sites (N-methyl/N-ethyl adjacent to an activating group) is 1. The highest BCUT2D eigenvalue weighted by Crippen LogP contribution is 2.47. The van der Waals surface area contributed by atoms with Gasteiger partial charge in [-0.25, -0.2) is 4.79 Å². The fraction of sp³-hybridized carbons (Fsp3) is 0.280. The van der Waals surface area contributed by atoms with Crippen LogP contribution in [0.15, 0.2) is 58.0 Å². The summed E-state index contributed by atoms with van der Waals surface area (Å²) in [6.45, 7) is 3.40. The molecule has 0 saturated carbocycles. The Balaban J connectivity index is 1.83. The Labute approximate surface area is 250 Å². The second-order valence-corrected chi connectivity index (χ2v) is 14.7. The van der Waals surface area contributed by atoms with E-state index in [1.165, 1.54) is 39.5 Å². The minimum Gasteiger partial charge on any atom is -0.480 e. The predicted octanol–water partition coefficient (Wildman–Crippen LogP) is 4.69. The van der Waals surface area contributed by atoms with Gasteiger partial charge in [-0.1, -0.05) is 41.6 Å². The molecule has 0 fully saturated rings. The van der Waals surface area contributed by atoms with Crippen LogP contribution >= 0.6 is 34.7 Å². The molecule has 1 unspecified atom stereocenters. The van der Waals surface area contributed by atoms with E-state index in [2.05, 4.69) is 0 Å². The van der Waals surface area contributed by atoms with Gasteiger partial charge < -0.3 is 14.9 Å². The SMILES string of the molecule is CCC(=Cc1sc2ccc(N(C)C(C)C(=O)O)cc2[n+]1CS(=O)(=O)O)C=C1Sc2ccc(Cl)cc2N1CS(=O)(=O)O. The normalized spacial score (nSPS) is 15.9. The van der Waals surface area contributed by atoms with E-state index < -0.39 is 44.0 Å². The molecule has 1 atom stereocenters. The van der Waals surface area contributed by atoms with Crippen LogP contribution in [-0.4, -0.2) is 56.0 Å². The third-order valence-corrected chi connectivity index (χ3v) is 9.99. The summed E-state index contributed by atoms with van der Waals surface area (Å²) >= 11 is 8.71. The Kier molecular flexibility index (Phi) is 9.09. The van der Waals surface area contributed by atoms with Crippen molar-refractivity contribution in [1.82, 2.24) is 0 Å². The highest BCUT2D eigenvalue weighted by atomic mass is 35.5. The number of thioether (sulfide) groups is 1.